The number of nitrogens with zero attached hydrogens (tertiary/aromatic N) is 2. The summed E-state index contributed by atoms with van der Waals surface area (Å²) in [6.07, 6.45) is 0. The van der Waals surface area contributed by atoms with Gasteiger partial charge in [-0.2, -0.15) is 0 Å². The van der Waals surface area contributed by atoms with Gasteiger partial charge in [0, 0.05) is 13.6 Å². The van der Waals surface area contributed by atoms with Crippen molar-refractivity contribution in [2.24, 2.45) is 0 Å². The van der Waals surface area contributed by atoms with Crippen molar-refractivity contribution in [3.63, 3.8) is 0 Å². The zero-order chi connectivity index (χ0) is 16.6. The van der Waals surface area contributed by atoms with Gasteiger partial charge in [-0.15, -0.1) is 0 Å². The first kappa shape index (κ1) is 15.7. The van der Waals surface area contributed by atoms with Gasteiger partial charge in [0.05, 0.1) is 29.9 Å². The smallest absolute Gasteiger partial charge is 0.264 e. The Kier molecular flexibility index (Phi) is 3.93. The molecule has 0 saturated carbocycles. The van der Waals surface area contributed by atoms with E-state index in [2.05, 4.69) is 4.90 Å². The van der Waals surface area contributed by atoms with E-state index in [1.54, 1.807) is 25.3 Å². The largest absolute Gasteiger partial charge is 0.496 e. The Bertz CT molecular complexity index is 833. The molecule has 1 aliphatic rings. The van der Waals surface area contributed by atoms with E-state index >= 15 is 0 Å². The summed E-state index contributed by atoms with van der Waals surface area (Å²) in [4.78, 5) is 2.36. The Morgan fingerprint density at radius 2 is 1.74 bits per heavy atom. The SMILES string of the molecule is COc1ccc(S(=O)(=O)N2CCN(C)c3ccccc32)cc1C. The van der Waals surface area contributed by atoms with E-state index in [0.29, 0.717) is 18.8 Å². The summed E-state index contributed by atoms with van der Waals surface area (Å²) in [7, 11) is -0.0461. The van der Waals surface area contributed by atoms with Crippen LogP contribution in [0.5, 0.6) is 5.75 Å². The van der Waals surface area contributed by atoms with E-state index in [0.717, 1.165) is 16.9 Å². The highest BCUT2D eigenvalue weighted by molar-refractivity contribution is 7.92. The molecule has 3 rings (SSSR count). The maximum Gasteiger partial charge on any atom is 0.264 e. The first-order chi connectivity index (χ1) is 10.9. The third-order valence-corrected chi connectivity index (χ3v) is 5.96. The Morgan fingerprint density at radius 3 is 2.39 bits per heavy atom. The fourth-order valence-corrected chi connectivity index (χ4v) is 4.42. The maximum absolute atomic E-state index is 13.1. The molecule has 0 aromatic heterocycles. The van der Waals surface area contributed by atoms with Gasteiger partial charge in [-0.05, 0) is 42.8 Å². The average molecular weight is 332 g/mol. The number of anilines is 2. The normalized spacial score (nSPS) is 14.6. The van der Waals surface area contributed by atoms with Gasteiger partial charge in [0.25, 0.3) is 10.0 Å². The number of likely N-dealkylation sites (N-methyl/N-ethyl adjacent to an activating group) is 1. The summed E-state index contributed by atoms with van der Waals surface area (Å²) in [5.74, 6) is 0.683. The molecule has 0 aliphatic carbocycles. The van der Waals surface area contributed by atoms with Gasteiger partial charge in [-0.1, -0.05) is 12.1 Å². The van der Waals surface area contributed by atoms with Crippen LogP contribution in [0.3, 0.4) is 0 Å². The number of rotatable bonds is 3. The van der Waals surface area contributed by atoms with Crippen molar-refractivity contribution in [3.05, 3.63) is 48.0 Å². The molecule has 0 fully saturated rings. The molecule has 122 valence electrons. The molecule has 0 unspecified atom stereocenters. The van der Waals surface area contributed by atoms with Gasteiger partial charge < -0.3 is 9.64 Å². The lowest BCUT2D eigenvalue weighted by Crippen LogP contribution is -2.42. The molecule has 5 nitrogen and oxygen atoms in total. The number of methoxy groups -OCH3 is 1. The van der Waals surface area contributed by atoms with Crippen molar-refractivity contribution < 1.29 is 13.2 Å². The van der Waals surface area contributed by atoms with Gasteiger partial charge in [0.15, 0.2) is 0 Å². The van der Waals surface area contributed by atoms with E-state index in [-0.39, 0.29) is 4.90 Å². The summed E-state index contributed by atoms with van der Waals surface area (Å²) >= 11 is 0. The quantitative estimate of drug-likeness (QED) is 0.867. The number of sulfonamides is 1. The average Bonchev–Trinajstić information content (AvgIpc) is 2.55. The monoisotopic (exact) mass is 332 g/mol. The van der Waals surface area contributed by atoms with Crippen molar-refractivity contribution in [2.45, 2.75) is 11.8 Å². The van der Waals surface area contributed by atoms with Crippen LogP contribution in [-0.4, -0.2) is 35.7 Å². The van der Waals surface area contributed by atoms with Crippen LogP contribution in [0.2, 0.25) is 0 Å². The molecule has 1 heterocycles. The molecule has 0 bridgehead atoms. The molecule has 2 aromatic rings. The number of hydrogen-bond donors (Lipinski definition) is 0. The highest BCUT2D eigenvalue weighted by atomic mass is 32.2. The molecule has 0 spiro atoms. The molecule has 0 radical (unpaired) electrons. The third kappa shape index (κ3) is 2.63. The Balaban J connectivity index is 2.07. The van der Waals surface area contributed by atoms with Crippen LogP contribution < -0.4 is 13.9 Å². The summed E-state index contributed by atoms with van der Waals surface area (Å²) in [6.45, 7) is 2.93. The minimum absolute atomic E-state index is 0.287. The van der Waals surface area contributed by atoms with Crippen molar-refractivity contribution in [1.29, 1.82) is 0 Å². The van der Waals surface area contributed by atoms with Crippen LogP contribution in [0.4, 0.5) is 11.4 Å². The third-order valence-electron chi connectivity index (χ3n) is 4.15. The number of benzene rings is 2. The van der Waals surface area contributed by atoms with E-state index in [1.807, 2.05) is 38.2 Å². The molecule has 1 aliphatic heterocycles. The fraction of sp³-hybridized carbons (Fsp3) is 0.294. The second kappa shape index (κ2) is 5.77. The maximum atomic E-state index is 13.1. The predicted molar refractivity (Wildman–Crippen MR) is 92.0 cm³/mol. The Labute approximate surface area is 137 Å². The lowest BCUT2D eigenvalue weighted by Gasteiger charge is -2.36. The minimum Gasteiger partial charge on any atom is -0.496 e. The topological polar surface area (TPSA) is 49.9 Å². The number of para-hydroxylation sites is 2. The van der Waals surface area contributed by atoms with Crippen LogP contribution >= 0.6 is 0 Å². The number of ether oxygens (including phenoxy) is 1. The zero-order valence-corrected chi connectivity index (χ0v) is 14.3. The van der Waals surface area contributed by atoms with Gasteiger partial charge in [-0.25, -0.2) is 8.42 Å². The van der Waals surface area contributed by atoms with E-state index in [1.165, 1.54) is 4.31 Å². The van der Waals surface area contributed by atoms with Crippen LogP contribution in [0, 0.1) is 6.92 Å². The molecule has 6 heteroatoms. The van der Waals surface area contributed by atoms with Gasteiger partial charge in [0.1, 0.15) is 5.75 Å². The second-order valence-corrected chi connectivity index (χ2v) is 7.48. The lowest BCUT2D eigenvalue weighted by atomic mass is 10.2. The number of fused-ring (bicyclic) bond motifs is 1. The standard InChI is InChI=1S/C17H20N2O3S/c1-13-12-14(8-9-17(13)22-3)23(20,21)19-11-10-18(2)15-6-4-5-7-16(15)19/h4-9,12H,10-11H2,1-3H3. The van der Waals surface area contributed by atoms with Crippen molar-refractivity contribution in [2.75, 3.05) is 36.5 Å². The van der Waals surface area contributed by atoms with E-state index in [4.69, 9.17) is 4.74 Å². The van der Waals surface area contributed by atoms with Crippen molar-refractivity contribution in [3.8, 4) is 5.75 Å². The van der Waals surface area contributed by atoms with Crippen LogP contribution in [0.15, 0.2) is 47.4 Å². The van der Waals surface area contributed by atoms with E-state index < -0.39 is 10.0 Å². The van der Waals surface area contributed by atoms with Gasteiger partial charge >= 0.3 is 0 Å². The summed E-state index contributed by atoms with van der Waals surface area (Å²) in [5, 5.41) is 0. The molecule has 0 atom stereocenters. The Morgan fingerprint density at radius 1 is 1.04 bits per heavy atom. The van der Waals surface area contributed by atoms with Crippen LogP contribution in [0.1, 0.15) is 5.56 Å². The summed E-state index contributed by atoms with van der Waals surface area (Å²) in [6, 6.07) is 12.5. The molecule has 0 N–H and O–H groups in total. The Hall–Kier alpha value is -2.21. The van der Waals surface area contributed by atoms with Crippen molar-refractivity contribution in [1.82, 2.24) is 0 Å². The fourth-order valence-electron chi connectivity index (χ4n) is 2.87. The molecular formula is C17H20N2O3S. The van der Waals surface area contributed by atoms with E-state index in [9.17, 15) is 8.42 Å². The lowest BCUT2D eigenvalue weighted by molar-refractivity contribution is 0.411. The van der Waals surface area contributed by atoms with Crippen LogP contribution in [0.25, 0.3) is 0 Å². The second-order valence-electron chi connectivity index (χ2n) is 5.62. The first-order valence-corrected chi connectivity index (χ1v) is 8.86. The molecule has 2 aromatic carbocycles. The summed E-state index contributed by atoms with van der Waals surface area (Å²) < 4.78 is 32.9. The van der Waals surface area contributed by atoms with Gasteiger partial charge in [0.2, 0.25) is 0 Å². The van der Waals surface area contributed by atoms with Crippen molar-refractivity contribution >= 4 is 21.4 Å². The predicted octanol–water partition coefficient (Wildman–Crippen LogP) is 2.65. The molecule has 0 amide bonds. The highest BCUT2D eigenvalue weighted by Gasteiger charge is 2.30. The zero-order valence-electron chi connectivity index (χ0n) is 13.5. The van der Waals surface area contributed by atoms with Crippen LogP contribution in [-0.2, 0) is 10.0 Å². The first-order valence-electron chi connectivity index (χ1n) is 7.42. The molecular weight excluding hydrogens is 312 g/mol. The molecule has 0 saturated heterocycles. The van der Waals surface area contributed by atoms with Gasteiger partial charge in [-0.3, -0.25) is 4.31 Å². The number of hydrogen-bond acceptors (Lipinski definition) is 4. The molecule has 23 heavy (non-hydrogen) atoms. The number of aryl methyl sites for hydroxylation is 1. The highest BCUT2D eigenvalue weighted by Crippen LogP contribution is 2.36. The minimum atomic E-state index is -3.60. The summed E-state index contributed by atoms with van der Waals surface area (Å²) in [5.41, 5.74) is 2.44.